The van der Waals surface area contributed by atoms with Crippen molar-refractivity contribution in [2.75, 3.05) is 4.72 Å². The van der Waals surface area contributed by atoms with Gasteiger partial charge in [0.05, 0.1) is 21.1 Å². The van der Waals surface area contributed by atoms with E-state index in [1.165, 1.54) is 6.07 Å². The number of hydrogen-bond donors (Lipinski definition) is 1. The Kier molecular flexibility index (Phi) is 4.85. The summed E-state index contributed by atoms with van der Waals surface area (Å²) in [5.41, 5.74) is -2.00. The van der Waals surface area contributed by atoms with E-state index in [-0.39, 0.29) is 10.2 Å². The minimum Gasteiger partial charge on any atom is -0.278 e. The van der Waals surface area contributed by atoms with Crippen LogP contribution in [0, 0.1) is 10.1 Å². The third-order valence-electron chi connectivity index (χ3n) is 2.89. The standard InChI is InChI=1S/C13H8BrF3N2O4S/c14-10-6-5-8(19(20)21)7-11(10)18-24(22,23)12-4-2-1-3-9(12)13(15,16)17/h1-7,18H. The Balaban J connectivity index is 2.51. The smallest absolute Gasteiger partial charge is 0.278 e. The number of non-ortho nitro benzene ring substituents is 1. The molecule has 0 amide bonds. The molecule has 0 aliphatic heterocycles. The molecule has 6 nitrogen and oxygen atoms in total. The van der Waals surface area contributed by atoms with Crippen molar-refractivity contribution in [1.82, 2.24) is 0 Å². The van der Waals surface area contributed by atoms with Gasteiger partial charge in [0, 0.05) is 16.6 Å². The third kappa shape index (κ3) is 3.85. The van der Waals surface area contributed by atoms with Crippen LogP contribution in [-0.2, 0) is 16.2 Å². The molecule has 11 heteroatoms. The van der Waals surface area contributed by atoms with Gasteiger partial charge in [-0.3, -0.25) is 14.8 Å². The highest BCUT2D eigenvalue weighted by atomic mass is 79.9. The normalized spacial score (nSPS) is 12.0. The van der Waals surface area contributed by atoms with Crippen LogP contribution in [0.25, 0.3) is 0 Å². The van der Waals surface area contributed by atoms with Crippen molar-refractivity contribution in [2.24, 2.45) is 0 Å². The Hall–Kier alpha value is -2.14. The van der Waals surface area contributed by atoms with Gasteiger partial charge in [-0.1, -0.05) is 12.1 Å². The molecule has 0 aliphatic rings. The number of anilines is 1. The number of sulfonamides is 1. The lowest BCUT2D eigenvalue weighted by Crippen LogP contribution is -2.19. The highest BCUT2D eigenvalue weighted by Gasteiger charge is 2.37. The van der Waals surface area contributed by atoms with Gasteiger partial charge < -0.3 is 0 Å². The van der Waals surface area contributed by atoms with Gasteiger partial charge in [-0.15, -0.1) is 0 Å². The van der Waals surface area contributed by atoms with E-state index in [0.29, 0.717) is 6.07 Å². The number of benzene rings is 2. The second-order valence-corrected chi connectivity index (χ2v) is 7.03. The molecular formula is C13H8BrF3N2O4S. The van der Waals surface area contributed by atoms with E-state index >= 15 is 0 Å². The Morgan fingerprint density at radius 2 is 1.75 bits per heavy atom. The van der Waals surface area contributed by atoms with E-state index in [1.54, 1.807) is 0 Å². The van der Waals surface area contributed by atoms with Crippen LogP contribution in [0.4, 0.5) is 24.5 Å². The van der Waals surface area contributed by atoms with E-state index < -0.39 is 37.3 Å². The number of nitrogens with one attached hydrogen (secondary N) is 1. The molecule has 0 saturated carbocycles. The Bertz CT molecular complexity index is 900. The summed E-state index contributed by atoms with van der Waals surface area (Å²) >= 11 is 2.99. The first kappa shape index (κ1) is 18.2. The van der Waals surface area contributed by atoms with Gasteiger partial charge in [0.25, 0.3) is 15.7 Å². The Morgan fingerprint density at radius 1 is 1.12 bits per heavy atom. The SMILES string of the molecule is O=[N+]([O-])c1ccc(Br)c(NS(=O)(=O)c2ccccc2C(F)(F)F)c1. The molecule has 0 saturated heterocycles. The van der Waals surface area contributed by atoms with Crippen LogP contribution in [0.1, 0.15) is 5.56 Å². The summed E-state index contributed by atoms with van der Waals surface area (Å²) < 4.78 is 65.6. The van der Waals surface area contributed by atoms with Crippen molar-refractivity contribution in [3.63, 3.8) is 0 Å². The molecule has 2 rings (SSSR count). The first-order chi connectivity index (χ1) is 11.0. The highest BCUT2D eigenvalue weighted by molar-refractivity contribution is 9.10. The molecule has 128 valence electrons. The number of nitro benzene ring substituents is 1. The van der Waals surface area contributed by atoms with Crippen molar-refractivity contribution in [3.8, 4) is 0 Å². The van der Waals surface area contributed by atoms with Gasteiger partial charge in [-0.05, 0) is 34.1 Å². The predicted octanol–water partition coefficient (Wildman–Crippen LogP) is 4.18. The minimum absolute atomic E-state index is 0.140. The number of nitro groups is 1. The fourth-order valence-corrected chi connectivity index (χ4v) is 3.62. The largest absolute Gasteiger partial charge is 0.417 e. The summed E-state index contributed by atoms with van der Waals surface area (Å²) in [5, 5.41) is 10.7. The monoisotopic (exact) mass is 424 g/mol. The van der Waals surface area contributed by atoms with Gasteiger partial charge in [0.15, 0.2) is 0 Å². The molecule has 0 spiro atoms. The highest BCUT2D eigenvalue weighted by Crippen LogP contribution is 2.35. The Labute approximate surface area is 142 Å². The van der Waals surface area contributed by atoms with Crippen LogP contribution in [0.5, 0.6) is 0 Å². The molecule has 0 bridgehead atoms. The van der Waals surface area contributed by atoms with E-state index in [2.05, 4.69) is 15.9 Å². The third-order valence-corrected chi connectivity index (χ3v) is 5.00. The maximum atomic E-state index is 13.0. The predicted molar refractivity (Wildman–Crippen MR) is 83.0 cm³/mol. The van der Waals surface area contributed by atoms with Crippen LogP contribution >= 0.6 is 15.9 Å². The van der Waals surface area contributed by atoms with Crippen LogP contribution < -0.4 is 4.72 Å². The lowest BCUT2D eigenvalue weighted by molar-refractivity contribution is -0.384. The molecule has 0 fully saturated rings. The number of hydrogen-bond acceptors (Lipinski definition) is 4. The maximum Gasteiger partial charge on any atom is 0.417 e. The molecular weight excluding hydrogens is 417 g/mol. The zero-order valence-electron chi connectivity index (χ0n) is 11.5. The second-order valence-electron chi connectivity index (χ2n) is 4.52. The molecule has 1 N–H and O–H groups in total. The summed E-state index contributed by atoms with van der Waals surface area (Å²) in [4.78, 5) is 9.02. The molecule has 24 heavy (non-hydrogen) atoms. The van der Waals surface area contributed by atoms with Gasteiger partial charge in [0.2, 0.25) is 0 Å². The molecule has 0 heterocycles. The molecule has 2 aromatic carbocycles. The molecule has 2 aromatic rings. The molecule has 0 atom stereocenters. The summed E-state index contributed by atoms with van der Waals surface area (Å²) in [6.07, 6.45) is -4.87. The zero-order chi connectivity index (χ0) is 18.1. The topological polar surface area (TPSA) is 89.3 Å². The number of rotatable bonds is 4. The summed E-state index contributed by atoms with van der Waals surface area (Å²) in [6.45, 7) is 0. The quantitative estimate of drug-likeness (QED) is 0.588. The van der Waals surface area contributed by atoms with E-state index in [4.69, 9.17) is 0 Å². The van der Waals surface area contributed by atoms with Crippen LogP contribution in [-0.4, -0.2) is 13.3 Å². The van der Waals surface area contributed by atoms with E-state index in [1.807, 2.05) is 4.72 Å². The molecule has 0 unspecified atom stereocenters. The number of alkyl halides is 3. The van der Waals surface area contributed by atoms with Crippen LogP contribution in [0.15, 0.2) is 51.8 Å². The molecule has 0 radical (unpaired) electrons. The van der Waals surface area contributed by atoms with E-state index in [9.17, 15) is 31.7 Å². The van der Waals surface area contributed by atoms with E-state index in [0.717, 1.165) is 30.3 Å². The van der Waals surface area contributed by atoms with Gasteiger partial charge in [-0.25, -0.2) is 8.42 Å². The lowest BCUT2D eigenvalue weighted by Gasteiger charge is -2.14. The van der Waals surface area contributed by atoms with Crippen molar-refractivity contribution in [3.05, 3.63) is 62.6 Å². The number of nitrogens with zero attached hydrogens (tertiary/aromatic N) is 1. The van der Waals surface area contributed by atoms with Gasteiger partial charge >= 0.3 is 6.18 Å². The number of halogens is 4. The van der Waals surface area contributed by atoms with Gasteiger partial charge in [-0.2, -0.15) is 13.2 Å². The second kappa shape index (κ2) is 6.40. The fraction of sp³-hybridized carbons (Fsp3) is 0.0769. The fourth-order valence-electron chi connectivity index (χ4n) is 1.84. The van der Waals surface area contributed by atoms with Crippen LogP contribution in [0.2, 0.25) is 0 Å². The summed E-state index contributed by atoms with van der Waals surface area (Å²) in [5.74, 6) is 0. The van der Waals surface area contributed by atoms with Crippen molar-refractivity contribution < 1.29 is 26.5 Å². The maximum absolute atomic E-state index is 13.0. The zero-order valence-corrected chi connectivity index (χ0v) is 13.9. The average molecular weight is 425 g/mol. The first-order valence-corrected chi connectivity index (χ1v) is 8.43. The van der Waals surface area contributed by atoms with Gasteiger partial charge in [0.1, 0.15) is 0 Å². The minimum atomic E-state index is -4.87. The van der Waals surface area contributed by atoms with Crippen molar-refractivity contribution in [1.29, 1.82) is 0 Å². The molecule has 0 aromatic heterocycles. The Morgan fingerprint density at radius 3 is 2.33 bits per heavy atom. The molecule has 0 aliphatic carbocycles. The summed E-state index contributed by atoms with van der Waals surface area (Å²) in [6, 6.07) is 6.87. The summed E-state index contributed by atoms with van der Waals surface area (Å²) in [7, 11) is -4.61. The van der Waals surface area contributed by atoms with Crippen molar-refractivity contribution in [2.45, 2.75) is 11.1 Å². The van der Waals surface area contributed by atoms with Crippen molar-refractivity contribution >= 4 is 37.3 Å². The average Bonchev–Trinajstić information content (AvgIpc) is 2.48. The first-order valence-electron chi connectivity index (χ1n) is 6.15. The lowest BCUT2D eigenvalue weighted by atomic mass is 10.2. The van der Waals surface area contributed by atoms with Crippen LogP contribution in [0.3, 0.4) is 0 Å².